The number of hydrogen-bond acceptors (Lipinski definition) is 2. The van der Waals surface area contributed by atoms with Gasteiger partial charge in [-0.3, -0.25) is 0 Å². The Balaban J connectivity index is 1.46. The summed E-state index contributed by atoms with van der Waals surface area (Å²) in [6.45, 7) is 5.91. The molecule has 0 saturated heterocycles. The summed E-state index contributed by atoms with van der Waals surface area (Å²) in [5, 5.41) is 12.2. The van der Waals surface area contributed by atoms with Crippen molar-refractivity contribution in [2.45, 2.75) is 6.92 Å². The smallest absolute Gasteiger partial charge is 0.0972 e. The van der Waals surface area contributed by atoms with Crippen molar-refractivity contribution in [3.05, 3.63) is 152 Å². The monoisotopic (exact) mass is 548 g/mol. The normalized spacial score (nSPS) is 12.4. The highest BCUT2D eigenvalue weighted by atomic mass is 14.8. The third-order valence-corrected chi connectivity index (χ3v) is 8.48. The van der Waals surface area contributed by atoms with Gasteiger partial charge >= 0.3 is 0 Å². The molecule has 0 unspecified atom stereocenters. The third kappa shape index (κ3) is 3.95. The summed E-state index contributed by atoms with van der Waals surface area (Å²) in [6.07, 6.45) is 7.89. The van der Waals surface area contributed by atoms with Gasteiger partial charge in [-0.2, -0.15) is 0 Å². The van der Waals surface area contributed by atoms with Crippen LogP contribution >= 0.6 is 0 Å². The molecule has 0 N–H and O–H groups in total. The van der Waals surface area contributed by atoms with Crippen molar-refractivity contribution in [1.29, 1.82) is 0 Å². The maximum absolute atomic E-state index is 5.35. The minimum atomic E-state index is 0.901. The highest BCUT2D eigenvalue weighted by Crippen LogP contribution is 2.42. The maximum atomic E-state index is 5.35. The Bertz CT molecular complexity index is 2480. The predicted octanol–water partition coefficient (Wildman–Crippen LogP) is 11.2. The molecule has 0 saturated carbocycles. The Morgan fingerprint density at radius 2 is 1.12 bits per heavy atom. The number of hydrogen-bond donors (Lipinski definition) is 0. The van der Waals surface area contributed by atoms with Crippen LogP contribution in [0.5, 0.6) is 0 Å². The number of aromatic nitrogens is 2. The Kier molecular flexibility index (Phi) is 5.87. The van der Waals surface area contributed by atoms with E-state index in [1.54, 1.807) is 6.08 Å². The van der Waals surface area contributed by atoms with Crippen LogP contribution in [0.1, 0.15) is 12.6 Å². The van der Waals surface area contributed by atoms with Crippen LogP contribution in [0, 0.1) is 0 Å². The average molecular weight is 549 g/mol. The van der Waals surface area contributed by atoms with Gasteiger partial charge in [-0.1, -0.05) is 128 Å². The molecule has 0 aliphatic heterocycles. The molecule has 6 aromatic carbocycles. The fourth-order valence-electron chi connectivity index (χ4n) is 6.59. The molecule has 0 radical (unpaired) electrons. The van der Waals surface area contributed by atoms with Crippen LogP contribution in [0.2, 0.25) is 0 Å². The van der Waals surface area contributed by atoms with E-state index < -0.39 is 0 Å². The lowest BCUT2D eigenvalue weighted by Crippen LogP contribution is -1.93. The molecule has 0 amide bonds. The fraction of sp³-hybridized carbons (Fsp3) is 0.0244. The zero-order valence-electron chi connectivity index (χ0n) is 23.9. The molecule has 0 bridgehead atoms. The first-order valence-electron chi connectivity index (χ1n) is 14.7. The van der Waals surface area contributed by atoms with Gasteiger partial charge in [0.05, 0.1) is 22.4 Å². The topological polar surface area (TPSA) is 25.8 Å². The van der Waals surface area contributed by atoms with Crippen molar-refractivity contribution in [2.24, 2.45) is 0 Å². The number of pyridine rings is 2. The number of benzene rings is 6. The van der Waals surface area contributed by atoms with Crippen molar-refractivity contribution in [1.82, 2.24) is 9.97 Å². The summed E-state index contributed by atoms with van der Waals surface area (Å²) in [4.78, 5) is 10.5. The molecule has 0 aliphatic carbocycles. The molecule has 0 atom stereocenters. The second-order valence-corrected chi connectivity index (χ2v) is 10.9. The predicted molar refractivity (Wildman–Crippen MR) is 185 cm³/mol. The summed E-state index contributed by atoms with van der Waals surface area (Å²) in [6, 6.07) is 41.4. The van der Waals surface area contributed by atoms with E-state index >= 15 is 0 Å². The first-order chi connectivity index (χ1) is 21.2. The lowest BCUT2D eigenvalue weighted by Gasteiger charge is -2.16. The first kappa shape index (κ1) is 25.1. The van der Waals surface area contributed by atoms with Gasteiger partial charge in [0, 0.05) is 16.3 Å². The minimum absolute atomic E-state index is 0.901. The molecule has 202 valence electrons. The molecule has 0 aliphatic rings. The quantitative estimate of drug-likeness (QED) is 0.161. The second-order valence-electron chi connectivity index (χ2n) is 10.9. The summed E-state index contributed by atoms with van der Waals surface area (Å²) < 4.78 is 0. The Labute approximate surface area is 250 Å². The molecule has 2 aromatic heterocycles. The molecular formula is C41H28N2. The highest BCUT2D eigenvalue weighted by molar-refractivity contribution is 6.33. The van der Waals surface area contributed by atoms with E-state index in [9.17, 15) is 0 Å². The van der Waals surface area contributed by atoms with Crippen LogP contribution in [-0.2, 0) is 0 Å². The Morgan fingerprint density at radius 1 is 0.581 bits per heavy atom. The summed E-state index contributed by atoms with van der Waals surface area (Å²) >= 11 is 0. The maximum Gasteiger partial charge on any atom is 0.0972 e. The van der Waals surface area contributed by atoms with Gasteiger partial charge in [-0.05, 0) is 73.8 Å². The van der Waals surface area contributed by atoms with E-state index in [4.69, 9.17) is 9.97 Å². The van der Waals surface area contributed by atoms with Gasteiger partial charge in [0.25, 0.3) is 0 Å². The van der Waals surface area contributed by atoms with E-state index in [0.717, 1.165) is 44.3 Å². The number of rotatable bonds is 4. The summed E-state index contributed by atoms with van der Waals surface area (Å²) in [7, 11) is 0. The van der Waals surface area contributed by atoms with Crippen LogP contribution in [-0.4, -0.2) is 9.97 Å². The van der Waals surface area contributed by atoms with Crippen LogP contribution in [0.15, 0.2) is 146 Å². The van der Waals surface area contributed by atoms with Crippen LogP contribution in [0.4, 0.5) is 0 Å². The number of fused-ring (bicyclic) bond motifs is 11. The summed E-state index contributed by atoms with van der Waals surface area (Å²) in [5.74, 6) is 0. The molecule has 8 rings (SSSR count). The number of allylic oxidation sites excluding steroid dienone is 5. The second kappa shape index (κ2) is 10.0. The Morgan fingerprint density at radius 3 is 1.79 bits per heavy atom. The molecule has 8 aromatic rings. The highest BCUT2D eigenvalue weighted by Gasteiger charge is 2.16. The zero-order chi connectivity index (χ0) is 28.9. The molecule has 0 spiro atoms. The van der Waals surface area contributed by atoms with Crippen molar-refractivity contribution < 1.29 is 0 Å². The van der Waals surface area contributed by atoms with Gasteiger partial charge < -0.3 is 0 Å². The lowest BCUT2D eigenvalue weighted by molar-refractivity contribution is 1.34. The third-order valence-electron chi connectivity index (χ3n) is 8.48. The largest absolute Gasteiger partial charge is 0.245 e. The average Bonchev–Trinajstić information content (AvgIpc) is 3.07. The zero-order valence-corrected chi connectivity index (χ0v) is 23.9. The van der Waals surface area contributed by atoms with Gasteiger partial charge in [0.1, 0.15) is 0 Å². The van der Waals surface area contributed by atoms with Gasteiger partial charge in [-0.25, -0.2) is 9.97 Å². The molecule has 0 fully saturated rings. The first-order valence-corrected chi connectivity index (χ1v) is 14.7. The molecule has 2 heterocycles. The fourth-order valence-corrected chi connectivity index (χ4v) is 6.59. The van der Waals surface area contributed by atoms with E-state index in [-0.39, 0.29) is 0 Å². The van der Waals surface area contributed by atoms with Gasteiger partial charge in [0.2, 0.25) is 0 Å². The van der Waals surface area contributed by atoms with Gasteiger partial charge in [0.15, 0.2) is 0 Å². The molecule has 2 nitrogen and oxygen atoms in total. The SMILES string of the molecule is C=C/C=C(\C=C/C)c1ccc2ccc3ccc(-c4cc5c6ccccc6c6ccccc6c5c5ccccc45)nc3c2n1. The molecule has 2 heteroatoms. The standard InChI is InChI=1S/C41H28N2/c1-3-11-26(12-4-2)37-23-21-27-19-20-28-22-24-38(43-41(28)40(27)42-37)35-25-36-31-15-6-5-13-29(31)30-14-7-9-17-33(30)39(36)34-18-10-8-16-32(34)35/h3-25H,1H2,2H3/b12-4-,26-11+. The summed E-state index contributed by atoms with van der Waals surface area (Å²) in [5.41, 5.74) is 5.80. The van der Waals surface area contributed by atoms with Crippen molar-refractivity contribution >= 4 is 70.5 Å². The van der Waals surface area contributed by atoms with E-state index in [2.05, 4.69) is 128 Å². The van der Waals surface area contributed by atoms with Crippen LogP contribution in [0.25, 0.3) is 81.7 Å². The van der Waals surface area contributed by atoms with E-state index in [1.165, 1.54) is 43.1 Å². The number of nitrogens with zero attached hydrogens (tertiary/aromatic N) is 2. The molecule has 43 heavy (non-hydrogen) atoms. The van der Waals surface area contributed by atoms with Gasteiger partial charge in [-0.15, -0.1) is 0 Å². The van der Waals surface area contributed by atoms with Crippen molar-refractivity contribution in [3.63, 3.8) is 0 Å². The Hall–Kier alpha value is -5.60. The van der Waals surface area contributed by atoms with Crippen molar-refractivity contribution in [3.8, 4) is 11.3 Å². The van der Waals surface area contributed by atoms with E-state index in [0.29, 0.717) is 0 Å². The van der Waals surface area contributed by atoms with Crippen LogP contribution in [0.3, 0.4) is 0 Å². The van der Waals surface area contributed by atoms with E-state index in [1.807, 2.05) is 19.1 Å². The van der Waals surface area contributed by atoms with Crippen LogP contribution < -0.4 is 0 Å². The van der Waals surface area contributed by atoms with Crippen molar-refractivity contribution in [2.75, 3.05) is 0 Å². The minimum Gasteiger partial charge on any atom is -0.245 e. The lowest BCUT2D eigenvalue weighted by atomic mass is 9.88. The molecular weight excluding hydrogens is 520 g/mol.